The molecule has 0 N–H and O–H groups in total. The van der Waals surface area contributed by atoms with Gasteiger partial charge in [0.25, 0.3) is 0 Å². The first kappa shape index (κ1) is 16.6. The summed E-state index contributed by atoms with van der Waals surface area (Å²) in [6.45, 7) is 0.0543. The van der Waals surface area contributed by atoms with Crippen molar-refractivity contribution in [2.45, 2.75) is 6.54 Å². The number of nitrogens with zero attached hydrogens (tertiary/aromatic N) is 4. The number of hydrogen-bond acceptors (Lipinski definition) is 6. The van der Waals surface area contributed by atoms with Crippen molar-refractivity contribution in [3.63, 3.8) is 0 Å². The zero-order chi connectivity index (χ0) is 17.0. The predicted molar refractivity (Wildman–Crippen MR) is 91.8 cm³/mol. The van der Waals surface area contributed by atoms with Gasteiger partial charge in [-0.1, -0.05) is 34.1 Å². The molecule has 0 amide bonds. The summed E-state index contributed by atoms with van der Waals surface area (Å²) >= 11 is 3.35. The van der Waals surface area contributed by atoms with E-state index in [1.165, 1.54) is 4.80 Å². The van der Waals surface area contributed by atoms with E-state index in [0.717, 1.165) is 10.0 Å². The minimum Gasteiger partial charge on any atom is -0.382 e. The lowest BCUT2D eigenvalue weighted by Crippen LogP contribution is -2.19. The first-order valence-corrected chi connectivity index (χ1v) is 9.40. The third-order valence-corrected chi connectivity index (χ3v) is 4.72. The van der Waals surface area contributed by atoms with E-state index in [-0.39, 0.29) is 18.0 Å². The summed E-state index contributed by atoms with van der Waals surface area (Å²) < 4.78 is 29.9. The molecule has 1 aromatic heterocycles. The predicted octanol–water partition coefficient (Wildman–Crippen LogP) is 2.51. The zero-order valence-electron chi connectivity index (χ0n) is 12.4. The zero-order valence-corrected chi connectivity index (χ0v) is 14.8. The van der Waals surface area contributed by atoms with Gasteiger partial charge in [-0.25, -0.2) is 0 Å². The molecule has 0 bridgehead atoms. The topological polar surface area (TPSA) is 87.0 Å². The normalized spacial score (nSPS) is 11.4. The second-order valence-electron chi connectivity index (χ2n) is 4.87. The standard InChI is InChI=1S/C15H13BrN4O3S/c16-13-8-6-12(7-9-13)15-17-19-20(18-15)10-11-24(21,22)23-14-4-2-1-3-5-14/h1-9H,10-11H2. The van der Waals surface area contributed by atoms with Crippen molar-refractivity contribution in [1.29, 1.82) is 0 Å². The van der Waals surface area contributed by atoms with Gasteiger partial charge in [-0.05, 0) is 41.6 Å². The van der Waals surface area contributed by atoms with Crippen LogP contribution in [0.15, 0.2) is 59.1 Å². The average Bonchev–Trinajstić information content (AvgIpc) is 3.03. The fraction of sp³-hybridized carbons (Fsp3) is 0.133. The van der Waals surface area contributed by atoms with E-state index in [0.29, 0.717) is 5.82 Å². The number of hydrogen-bond donors (Lipinski definition) is 0. The van der Waals surface area contributed by atoms with E-state index >= 15 is 0 Å². The number of para-hydroxylation sites is 1. The van der Waals surface area contributed by atoms with Crippen LogP contribution in [0.3, 0.4) is 0 Å². The highest BCUT2D eigenvalue weighted by atomic mass is 79.9. The Bertz CT molecular complexity index is 911. The average molecular weight is 409 g/mol. The summed E-state index contributed by atoms with van der Waals surface area (Å²) in [5.74, 6) is 0.460. The lowest BCUT2D eigenvalue weighted by Gasteiger charge is -2.05. The number of tetrazole rings is 1. The van der Waals surface area contributed by atoms with Crippen LogP contribution in [0.4, 0.5) is 0 Å². The van der Waals surface area contributed by atoms with Gasteiger partial charge in [-0.15, -0.1) is 10.2 Å². The van der Waals surface area contributed by atoms with Gasteiger partial charge < -0.3 is 4.18 Å². The number of aromatic nitrogens is 4. The molecule has 24 heavy (non-hydrogen) atoms. The molecule has 1 heterocycles. The van der Waals surface area contributed by atoms with Crippen LogP contribution in [0.5, 0.6) is 5.75 Å². The van der Waals surface area contributed by atoms with Crippen LogP contribution in [0.25, 0.3) is 11.4 Å². The Hall–Kier alpha value is -2.26. The van der Waals surface area contributed by atoms with Crippen LogP contribution in [0.2, 0.25) is 0 Å². The first-order chi connectivity index (χ1) is 11.5. The van der Waals surface area contributed by atoms with E-state index in [1.807, 2.05) is 24.3 Å². The highest BCUT2D eigenvalue weighted by Gasteiger charge is 2.14. The number of aryl methyl sites for hydroxylation is 1. The van der Waals surface area contributed by atoms with Crippen LogP contribution >= 0.6 is 15.9 Å². The third-order valence-electron chi connectivity index (χ3n) is 3.06. The fourth-order valence-electron chi connectivity index (χ4n) is 1.91. The monoisotopic (exact) mass is 408 g/mol. The van der Waals surface area contributed by atoms with Gasteiger partial charge in [0.15, 0.2) is 0 Å². The molecular weight excluding hydrogens is 396 g/mol. The van der Waals surface area contributed by atoms with Gasteiger partial charge in [0.2, 0.25) is 5.82 Å². The summed E-state index contributed by atoms with van der Waals surface area (Å²) in [6.07, 6.45) is 0. The van der Waals surface area contributed by atoms with Crippen LogP contribution in [0.1, 0.15) is 0 Å². The summed E-state index contributed by atoms with van der Waals surface area (Å²) in [5, 5.41) is 12.0. The molecule has 0 aliphatic heterocycles. The highest BCUT2D eigenvalue weighted by molar-refractivity contribution is 9.10. The molecule has 3 rings (SSSR count). The van der Waals surface area contributed by atoms with E-state index in [9.17, 15) is 8.42 Å². The van der Waals surface area contributed by atoms with Crippen molar-refractivity contribution in [2.75, 3.05) is 5.75 Å². The molecule has 0 saturated carbocycles. The first-order valence-electron chi connectivity index (χ1n) is 7.03. The summed E-state index contributed by atoms with van der Waals surface area (Å²) in [7, 11) is -3.73. The van der Waals surface area contributed by atoms with Crippen molar-refractivity contribution < 1.29 is 12.6 Å². The smallest absolute Gasteiger partial charge is 0.311 e. The maximum Gasteiger partial charge on any atom is 0.311 e. The molecule has 0 radical (unpaired) electrons. The number of halogens is 1. The molecule has 0 spiro atoms. The van der Waals surface area contributed by atoms with Crippen LogP contribution in [0, 0.1) is 0 Å². The molecule has 124 valence electrons. The molecule has 7 nitrogen and oxygen atoms in total. The SMILES string of the molecule is O=S(=O)(CCn1nnc(-c2ccc(Br)cc2)n1)Oc1ccccc1. The lowest BCUT2D eigenvalue weighted by molar-refractivity contribution is 0.470. The molecule has 0 saturated heterocycles. The Morgan fingerprint density at radius 1 is 1.04 bits per heavy atom. The summed E-state index contributed by atoms with van der Waals surface area (Å²) in [6, 6.07) is 15.8. The van der Waals surface area contributed by atoms with Crippen LogP contribution in [-0.4, -0.2) is 34.4 Å². The Balaban J connectivity index is 1.63. The van der Waals surface area contributed by atoms with Crippen molar-refractivity contribution >= 4 is 26.0 Å². The van der Waals surface area contributed by atoms with Crippen LogP contribution in [-0.2, 0) is 16.7 Å². The maximum absolute atomic E-state index is 12.0. The van der Waals surface area contributed by atoms with Gasteiger partial charge in [-0.2, -0.15) is 13.2 Å². The summed E-state index contributed by atoms with van der Waals surface area (Å²) in [4.78, 5) is 1.24. The van der Waals surface area contributed by atoms with E-state index < -0.39 is 10.1 Å². The van der Waals surface area contributed by atoms with Crippen LogP contribution < -0.4 is 4.18 Å². The van der Waals surface area contributed by atoms with Gasteiger partial charge in [0, 0.05) is 10.0 Å². The molecule has 0 aliphatic rings. The molecule has 0 fully saturated rings. The van der Waals surface area contributed by atoms with Crippen molar-refractivity contribution in [2.24, 2.45) is 0 Å². The van der Waals surface area contributed by atoms with Gasteiger partial charge >= 0.3 is 10.1 Å². The molecule has 0 atom stereocenters. The Labute approximate surface area is 147 Å². The van der Waals surface area contributed by atoms with E-state index in [4.69, 9.17) is 4.18 Å². The maximum atomic E-state index is 12.0. The van der Waals surface area contributed by atoms with Gasteiger partial charge in [0.05, 0.1) is 6.54 Å². The second kappa shape index (κ2) is 7.10. The number of benzene rings is 2. The van der Waals surface area contributed by atoms with Crippen molar-refractivity contribution in [3.05, 3.63) is 59.1 Å². The highest BCUT2D eigenvalue weighted by Crippen LogP contribution is 2.17. The Morgan fingerprint density at radius 3 is 2.46 bits per heavy atom. The summed E-state index contributed by atoms with van der Waals surface area (Å²) in [5.41, 5.74) is 0.799. The third kappa shape index (κ3) is 4.39. The van der Waals surface area contributed by atoms with Gasteiger partial charge in [-0.3, -0.25) is 0 Å². The molecule has 9 heteroatoms. The Morgan fingerprint density at radius 2 is 1.75 bits per heavy atom. The van der Waals surface area contributed by atoms with E-state index in [2.05, 4.69) is 31.3 Å². The largest absolute Gasteiger partial charge is 0.382 e. The van der Waals surface area contributed by atoms with Crippen molar-refractivity contribution in [3.8, 4) is 17.1 Å². The molecular formula is C15H13BrN4O3S. The lowest BCUT2D eigenvalue weighted by atomic mass is 10.2. The molecule has 3 aromatic rings. The van der Waals surface area contributed by atoms with Crippen molar-refractivity contribution in [1.82, 2.24) is 20.2 Å². The fourth-order valence-corrected chi connectivity index (χ4v) is 3.05. The molecule has 2 aromatic carbocycles. The van der Waals surface area contributed by atoms with Gasteiger partial charge in [0.1, 0.15) is 11.5 Å². The second-order valence-corrected chi connectivity index (χ2v) is 7.48. The quantitative estimate of drug-likeness (QED) is 0.582. The van der Waals surface area contributed by atoms with E-state index in [1.54, 1.807) is 30.3 Å². The molecule has 0 unspecified atom stereocenters. The minimum atomic E-state index is -3.73. The number of rotatable bonds is 6. The Kier molecular flexibility index (Phi) is 4.91. The minimum absolute atomic E-state index is 0.0543. The molecule has 0 aliphatic carbocycles.